The SMILES string of the molecule is C[C@H](CSSCCOC(=O)CC[C@H](NC(=O)c1ccc(NCc2cnc3nc(N)nc(N)c3n2)cc1)C(=O)O)NC(=O)[C@H](CCC(=O)NC[C@H](O)[C@@H](O)[C@H](O)[C@H](O)CO)NC(=O)[C@@H](C)CCC(=O)O. The van der Waals surface area contributed by atoms with Crippen LogP contribution in [0.25, 0.3) is 11.2 Å². The molecule has 28 heteroatoms. The van der Waals surface area contributed by atoms with Crippen molar-refractivity contribution in [3.05, 3.63) is 41.7 Å². The van der Waals surface area contributed by atoms with Crippen molar-refractivity contribution >= 4 is 91.7 Å². The molecular formula is C41H59N11O15S2. The van der Waals surface area contributed by atoms with E-state index in [0.717, 1.165) is 0 Å². The molecule has 0 radical (unpaired) electrons. The molecule has 8 atom stereocenters. The number of hydrogen-bond acceptors (Lipinski definition) is 22. The number of fused-ring (bicyclic) bond motifs is 1. The summed E-state index contributed by atoms with van der Waals surface area (Å²) in [7, 11) is 2.64. The Morgan fingerprint density at radius 2 is 1.46 bits per heavy atom. The van der Waals surface area contributed by atoms with Crippen LogP contribution >= 0.6 is 21.6 Å². The van der Waals surface area contributed by atoms with E-state index in [1.807, 2.05) is 0 Å². The Kier molecular flexibility index (Phi) is 24.0. The number of carbonyl (C=O) groups is 7. The van der Waals surface area contributed by atoms with Crippen molar-refractivity contribution in [2.24, 2.45) is 5.92 Å². The van der Waals surface area contributed by atoms with Crippen LogP contribution in [0.3, 0.4) is 0 Å². The smallest absolute Gasteiger partial charge is 0.326 e. The zero-order chi connectivity index (χ0) is 51.2. The largest absolute Gasteiger partial charge is 0.481 e. The molecule has 3 aromatic rings. The van der Waals surface area contributed by atoms with Gasteiger partial charge in [0.05, 0.1) is 31.1 Å². The third-order valence-corrected chi connectivity index (χ3v) is 12.5. The number of nitrogens with zero attached hydrogens (tertiary/aromatic N) is 4. The van der Waals surface area contributed by atoms with Gasteiger partial charge < -0.3 is 78.5 Å². The Morgan fingerprint density at radius 3 is 2.13 bits per heavy atom. The minimum Gasteiger partial charge on any atom is -0.481 e. The van der Waals surface area contributed by atoms with Gasteiger partial charge in [-0.2, -0.15) is 9.97 Å². The van der Waals surface area contributed by atoms with Gasteiger partial charge in [-0.25, -0.2) is 14.8 Å². The Bertz CT molecular complexity index is 2220. The summed E-state index contributed by atoms with van der Waals surface area (Å²) in [6.07, 6.45) is -7.20. The highest BCUT2D eigenvalue weighted by Gasteiger charge is 2.31. The molecule has 380 valence electrons. The lowest BCUT2D eigenvalue weighted by atomic mass is 10.0. The van der Waals surface area contributed by atoms with E-state index in [4.69, 9.17) is 26.4 Å². The van der Waals surface area contributed by atoms with E-state index in [-0.39, 0.29) is 74.7 Å². The molecule has 26 nitrogen and oxygen atoms in total. The first-order valence-corrected chi connectivity index (χ1v) is 23.9. The number of rotatable bonds is 31. The van der Waals surface area contributed by atoms with Crippen molar-refractivity contribution in [3.8, 4) is 0 Å². The van der Waals surface area contributed by atoms with E-state index in [0.29, 0.717) is 28.4 Å². The van der Waals surface area contributed by atoms with Crippen molar-refractivity contribution in [1.29, 1.82) is 0 Å². The summed E-state index contributed by atoms with van der Waals surface area (Å²) in [6.45, 7) is 1.93. The third kappa shape index (κ3) is 20.1. The molecule has 0 aliphatic carbocycles. The van der Waals surface area contributed by atoms with Gasteiger partial charge in [-0.3, -0.25) is 28.8 Å². The lowest BCUT2D eigenvalue weighted by Gasteiger charge is -2.26. The first kappa shape index (κ1) is 57.1. The minimum absolute atomic E-state index is 0.0119. The highest BCUT2D eigenvalue weighted by molar-refractivity contribution is 8.76. The molecule has 0 unspecified atom stereocenters. The molecule has 0 fully saturated rings. The molecule has 69 heavy (non-hydrogen) atoms. The van der Waals surface area contributed by atoms with E-state index in [2.05, 4.69) is 46.5 Å². The highest BCUT2D eigenvalue weighted by Crippen LogP contribution is 2.22. The number of carboxylic acid groups (broad SMARTS) is 2. The van der Waals surface area contributed by atoms with Crippen LogP contribution in [-0.4, -0.2) is 171 Å². The van der Waals surface area contributed by atoms with Crippen LogP contribution in [0, 0.1) is 5.92 Å². The standard InChI is InChI=1S/C41H59N11O15S2/c1-20(3-11-30(57)58)37(62)49-25(8-10-29(56)45-17-27(54)33(60)34(61)28(55)18-53)39(64)47-21(2)19-69-68-14-13-67-31(59)12-9-26(40(65)66)50-38(63)22-4-6-23(7-5-22)44-15-24-16-46-36-32(48-24)35(42)51-41(43)52-36/h4-7,16,20-21,25-28,33-34,44,53-55,60-61H,3,8-15,17-19H2,1-2H3,(H,45,56)(H,47,64)(H,49,62)(H,50,63)(H,57,58)(H,65,66)(H4,42,43,46,51,52)/t20-,21+,25-,26-,27-,28+,33+,34+/m0/s1. The fourth-order valence-electron chi connectivity index (χ4n) is 5.94. The Balaban J connectivity index is 1.39. The van der Waals surface area contributed by atoms with Crippen LogP contribution in [0.15, 0.2) is 30.5 Å². The lowest BCUT2D eigenvalue weighted by molar-refractivity contribution is -0.144. The molecule has 2 aromatic heterocycles. The molecule has 3 rings (SSSR count). The number of benzene rings is 1. The number of anilines is 3. The summed E-state index contributed by atoms with van der Waals surface area (Å²) in [4.78, 5) is 103. The first-order valence-electron chi connectivity index (χ1n) is 21.4. The molecular weight excluding hydrogens is 951 g/mol. The maximum absolute atomic E-state index is 13.3. The Hall–Kier alpha value is -6.17. The summed E-state index contributed by atoms with van der Waals surface area (Å²) in [6, 6.07) is 3.11. The lowest BCUT2D eigenvalue weighted by Crippen LogP contribution is -2.51. The summed E-state index contributed by atoms with van der Waals surface area (Å²) in [5.74, 6) is -5.84. The predicted octanol–water partition coefficient (Wildman–Crippen LogP) is -2.09. The van der Waals surface area contributed by atoms with Gasteiger partial charge in [0.1, 0.15) is 37.0 Å². The Morgan fingerprint density at radius 1 is 0.783 bits per heavy atom. The fraction of sp³-hybridized carbons (Fsp3) is 0.537. The molecule has 0 saturated carbocycles. The molecule has 2 heterocycles. The topological polar surface area (TPSA) is 434 Å². The van der Waals surface area contributed by atoms with E-state index in [1.165, 1.54) is 46.8 Å². The number of amides is 4. The number of aliphatic hydroxyl groups excluding tert-OH is 5. The monoisotopic (exact) mass is 1010 g/mol. The van der Waals surface area contributed by atoms with Gasteiger partial charge in [-0.15, -0.1) is 0 Å². The molecule has 16 N–H and O–H groups in total. The summed E-state index contributed by atoms with van der Waals surface area (Å²) >= 11 is 0. The van der Waals surface area contributed by atoms with Crippen LogP contribution < -0.4 is 38.1 Å². The number of aliphatic carboxylic acids is 2. The number of nitrogen functional groups attached to an aromatic ring is 2. The number of carboxylic acids is 2. The van der Waals surface area contributed by atoms with E-state index in [1.54, 1.807) is 19.1 Å². The number of ether oxygens (including phenoxy) is 1. The highest BCUT2D eigenvalue weighted by atomic mass is 33.1. The molecule has 0 spiro atoms. The zero-order valence-corrected chi connectivity index (χ0v) is 39.3. The number of nitrogens with two attached hydrogens (primary N) is 2. The number of esters is 1. The van der Waals surface area contributed by atoms with Gasteiger partial charge in [-0.1, -0.05) is 28.5 Å². The zero-order valence-electron chi connectivity index (χ0n) is 37.6. The van der Waals surface area contributed by atoms with Crippen LogP contribution in [0.1, 0.15) is 68.4 Å². The van der Waals surface area contributed by atoms with E-state index in [9.17, 15) is 59.1 Å². The molecule has 4 amide bonds. The van der Waals surface area contributed by atoms with Crippen molar-refractivity contribution in [2.45, 2.75) is 101 Å². The van der Waals surface area contributed by atoms with Gasteiger partial charge in [0.15, 0.2) is 17.0 Å². The molecule has 0 aliphatic heterocycles. The van der Waals surface area contributed by atoms with Crippen molar-refractivity contribution in [3.63, 3.8) is 0 Å². The number of hydrogen-bond donors (Lipinski definition) is 14. The van der Waals surface area contributed by atoms with E-state index < -0.39 is 103 Å². The molecule has 0 bridgehead atoms. The summed E-state index contributed by atoms with van der Waals surface area (Å²) < 4.78 is 5.22. The van der Waals surface area contributed by atoms with Gasteiger partial charge in [-0.05, 0) is 50.5 Å². The van der Waals surface area contributed by atoms with Gasteiger partial charge in [0, 0.05) is 60.5 Å². The van der Waals surface area contributed by atoms with Gasteiger partial charge >= 0.3 is 17.9 Å². The number of aromatic nitrogens is 4. The normalized spacial score (nSPS) is 14.7. The van der Waals surface area contributed by atoms with Crippen molar-refractivity contribution in [2.75, 3.05) is 48.0 Å². The molecule has 0 saturated heterocycles. The summed E-state index contributed by atoms with van der Waals surface area (Å²) in [5, 5.41) is 80.1. The van der Waals surface area contributed by atoms with Crippen LogP contribution in [0.2, 0.25) is 0 Å². The number of nitrogens with one attached hydrogen (secondary N) is 5. The van der Waals surface area contributed by atoms with Crippen LogP contribution in [0.5, 0.6) is 0 Å². The van der Waals surface area contributed by atoms with Gasteiger partial charge in [0.2, 0.25) is 23.7 Å². The quantitative estimate of drug-likeness (QED) is 0.0187. The third-order valence-electron chi connectivity index (χ3n) is 9.95. The maximum atomic E-state index is 13.3. The number of carbonyl (C=O) groups excluding carboxylic acids is 5. The second-order valence-electron chi connectivity index (χ2n) is 15.6. The van der Waals surface area contributed by atoms with E-state index >= 15 is 0 Å². The van der Waals surface area contributed by atoms with Gasteiger partial charge in [0.25, 0.3) is 5.91 Å². The van der Waals surface area contributed by atoms with Crippen molar-refractivity contribution < 1.29 is 74.0 Å². The predicted molar refractivity (Wildman–Crippen MR) is 251 cm³/mol. The number of aliphatic hydroxyl groups is 5. The second-order valence-corrected chi connectivity index (χ2v) is 18.2. The maximum Gasteiger partial charge on any atom is 0.326 e. The average Bonchev–Trinajstić information content (AvgIpc) is 3.31. The van der Waals surface area contributed by atoms with Crippen molar-refractivity contribution in [1.82, 2.24) is 41.2 Å². The second kappa shape index (κ2) is 29.0. The Labute approximate surface area is 403 Å². The van der Waals surface area contributed by atoms with Crippen LogP contribution in [0.4, 0.5) is 17.5 Å². The molecule has 1 aromatic carbocycles. The first-order chi connectivity index (χ1) is 32.7. The average molecular weight is 1010 g/mol. The summed E-state index contributed by atoms with van der Waals surface area (Å²) in [5.41, 5.74) is 13.3. The molecule has 0 aliphatic rings. The minimum atomic E-state index is -1.91. The fourth-order valence-corrected chi connectivity index (χ4v) is 8.05. The van der Waals surface area contributed by atoms with Crippen LogP contribution in [-0.2, 0) is 40.0 Å².